The van der Waals surface area contributed by atoms with Gasteiger partial charge < -0.3 is 0 Å². The van der Waals surface area contributed by atoms with Crippen LogP contribution in [0.2, 0.25) is 0 Å². The molecular formula is C17H32S. The Balaban J connectivity index is 2.24. The SMILES string of the molecule is CCCC1CCC2CC1(CSC)CC(C)C2(C)C. The topological polar surface area (TPSA) is 0 Å². The predicted molar refractivity (Wildman–Crippen MR) is 84.1 cm³/mol. The van der Waals surface area contributed by atoms with E-state index in [9.17, 15) is 0 Å². The highest BCUT2D eigenvalue weighted by Crippen LogP contribution is 2.62. The van der Waals surface area contributed by atoms with E-state index in [0.717, 1.165) is 17.8 Å². The van der Waals surface area contributed by atoms with Gasteiger partial charge in [-0.1, -0.05) is 40.5 Å². The van der Waals surface area contributed by atoms with Crippen molar-refractivity contribution >= 4 is 11.8 Å². The summed E-state index contributed by atoms with van der Waals surface area (Å²) in [7, 11) is 0. The van der Waals surface area contributed by atoms with Crippen LogP contribution >= 0.6 is 11.8 Å². The van der Waals surface area contributed by atoms with Gasteiger partial charge >= 0.3 is 0 Å². The van der Waals surface area contributed by atoms with Gasteiger partial charge in [0, 0.05) is 0 Å². The Morgan fingerprint density at radius 3 is 2.50 bits per heavy atom. The molecule has 0 spiro atoms. The average molecular weight is 269 g/mol. The molecule has 2 aliphatic rings. The smallest absolute Gasteiger partial charge is 0.00107 e. The van der Waals surface area contributed by atoms with E-state index in [2.05, 4.69) is 45.7 Å². The summed E-state index contributed by atoms with van der Waals surface area (Å²) in [5.41, 5.74) is 1.27. The van der Waals surface area contributed by atoms with Gasteiger partial charge in [-0.05, 0) is 66.3 Å². The van der Waals surface area contributed by atoms with Gasteiger partial charge in [0.05, 0.1) is 0 Å². The molecule has 4 atom stereocenters. The summed E-state index contributed by atoms with van der Waals surface area (Å²) in [5.74, 6) is 4.32. The maximum absolute atomic E-state index is 2.53. The van der Waals surface area contributed by atoms with Gasteiger partial charge in [-0.15, -0.1) is 0 Å². The molecular weight excluding hydrogens is 236 g/mol. The van der Waals surface area contributed by atoms with E-state index in [0.29, 0.717) is 10.8 Å². The van der Waals surface area contributed by atoms with Crippen molar-refractivity contribution in [3.63, 3.8) is 0 Å². The molecule has 0 N–H and O–H groups in total. The van der Waals surface area contributed by atoms with Crippen molar-refractivity contribution in [2.75, 3.05) is 12.0 Å². The zero-order chi connectivity index (χ0) is 13.4. The molecule has 0 radical (unpaired) electrons. The van der Waals surface area contributed by atoms with E-state index in [1.54, 1.807) is 0 Å². The fourth-order valence-corrected chi connectivity index (χ4v) is 6.00. The van der Waals surface area contributed by atoms with Crippen LogP contribution in [0.5, 0.6) is 0 Å². The Kier molecular flexibility index (Phi) is 4.41. The Labute approximate surface area is 119 Å². The lowest BCUT2D eigenvalue weighted by Gasteiger charge is -2.59. The summed E-state index contributed by atoms with van der Waals surface area (Å²) in [5, 5.41) is 0. The minimum absolute atomic E-state index is 0.582. The van der Waals surface area contributed by atoms with Crippen LogP contribution in [0, 0.1) is 28.6 Å². The minimum atomic E-state index is 0.582. The molecule has 0 heterocycles. The fraction of sp³-hybridized carbons (Fsp3) is 1.00. The van der Waals surface area contributed by atoms with E-state index in [-0.39, 0.29) is 0 Å². The lowest BCUT2D eigenvalue weighted by atomic mass is 9.47. The van der Waals surface area contributed by atoms with Crippen molar-refractivity contribution in [3.8, 4) is 0 Å². The average Bonchev–Trinajstić information content (AvgIpc) is 2.31. The number of rotatable bonds is 4. The van der Waals surface area contributed by atoms with Crippen LogP contribution in [-0.2, 0) is 0 Å². The summed E-state index contributed by atoms with van der Waals surface area (Å²) in [6.45, 7) is 9.96. The highest BCUT2D eigenvalue weighted by molar-refractivity contribution is 7.98. The first-order valence-corrected chi connectivity index (χ1v) is 9.34. The Hall–Kier alpha value is 0.350. The summed E-state index contributed by atoms with van der Waals surface area (Å²) < 4.78 is 0. The minimum Gasteiger partial charge on any atom is -0.165 e. The molecule has 0 aliphatic heterocycles. The maximum atomic E-state index is 2.53. The number of thioether (sulfide) groups is 1. The van der Waals surface area contributed by atoms with Crippen molar-refractivity contribution in [2.24, 2.45) is 28.6 Å². The number of hydrogen-bond acceptors (Lipinski definition) is 1. The van der Waals surface area contributed by atoms with E-state index in [4.69, 9.17) is 0 Å². The molecule has 0 saturated heterocycles. The first-order valence-electron chi connectivity index (χ1n) is 7.95. The van der Waals surface area contributed by atoms with E-state index >= 15 is 0 Å². The molecule has 1 heteroatoms. The van der Waals surface area contributed by atoms with Crippen LogP contribution in [0.3, 0.4) is 0 Å². The second-order valence-electron chi connectivity index (χ2n) is 7.69. The fourth-order valence-electron chi connectivity index (χ4n) is 4.95. The first-order chi connectivity index (χ1) is 8.46. The van der Waals surface area contributed by atoms with Gasteiger partial charge in [-0.2, -0.15) is 11.8 Å². The van der Waals surface area contributed by atoms with Crippen LogP contribution in [0.25, 0.3) is 0 Å². The largest absolute Gasteiger partial charge is 0.165 e. The molecule has 2 saturated carbocycles. The van der Waals surface area contributed by atoms with Gasteiger partial charge in [-0.3, -0.25) is 0 Å². The van der Waals surface area contributed by atoms with Crippen molar-refractivity contribution in [3.05, 3.63) is 0 Å². The second-order valence-corrected chi connectivity index (χ2v) is 8.55. The third-order valence-corrected chi connectivity index (χ3v) is 7.35. The molecule has 0 aromatic heterocycles. The predicted octanol–water partition coefficient (Wildman–Crippen LogP) is 5.62. The molecule has 0 aromatic rings. The zero-order valence-corrected chi connectivity index (χ0v) is 13.9. The monoisotopic (exact) mass is 268 g/mol. The normalized spacial score (nSPS) is 42.8. The molecule has 2 fully saturated rings. The van der Waals surface area contributed by atoms with Gasteiger partial charge in [0.1, 0.15) is 0 Å². The maximum Gasteiger partial charge on any atom is -0.00107 e. The third kappa shape index (κ3) is 2.37. The first kappa shape index (κ1) is 14.8. The quantitative estimate of drug-likeness (QED) is 0.638. The van der Waals surface area contributed by atoms with Crippen LogP contribution in [0.1, 0.15) is 66.2 Å². The Morgan fingerprint density at radius 2 is 1.89 bits per heavy atom. The van der Waals surface area contributed by atoms with Crippen LogP contribution in [-0.4, -0.2) is 12.0 Å². The zero-order valence-electron chi connectivity index (χ0n) is 13.1. The van der Waals surface area contributed by atoms with Crippen LogP contribution < -0.4 is 0 Å². The van der Waals surface area contributed by atoms with Crippen LogP contribution in [0.15, 0.2) is 0 Å². The van der Waals surface area contributed by atoms with Crippen molar-refractivity contribution in [2.45, 2.75) is 66.2 Å². The molecule has 0 aromatic carbocycles. The molecule has 2 rings (SSSR count). The van der Waals surface area contributed by atoms with E-state index in [1.165, 1.54) is 44.3 Å². The lowest BCUT2D eigenvalue weighted by Crippen LogP contribution is -2.51. The molecule has 2 aliphatic carbocycles. The molecule has 4 unspecified atom stereocenters. The van der Waals surface area contributed by atoms with Gasteiger partial charge in [0.25, 0.3) is 0 Å². The Bertz CT molecular complexity index is 279. The summed E-state index contributed by atoms with van der Waals surface area (Å²) >= 11 is 2.10. The van der Waals surface area contributed by atoms with Crippen molar-refractivity contribution in [1.82, 2.24) is 0 Å². The van der Waals surface area contributed by atoms with Gasteiger partial charge in [0.2, 0.25) is 0 Å². The number of fused-ring (bicyclic) bond motifs is 2. The number of hydrogen-bond donors (Lipinski definition) is 0. The van der Waals surface area contributed by atoms with Gasteiger partial charge in [-0.25, -0.2) is 0 Å². The summed E-state index contributed by atoms with van der Waals surface area (Å²) in [4.78, 5) is 0. The van der Waals surface area contributed by atoms with E-state index < -0.39 is 0 Å². The summed E-state index contributed by atoms with van der Waals surface area (Å²) in [6, 6.07) is 0. The highest BCUT2D eigenvalue weighted by atomic mass is 32.2. The van der Waals surface area contributed by atoms with E-state index in [1.807, 2.05) is 0 Å². The van der Waals surface area contributed by atoms with Crippen molar-refractivity contribution < 1.29 is 0 Å². The Morgan fingerprint density at radius 1 is 1.17 bits per heavy atom. The molecule has 0 amide bonds. The third-order valence-electron chi connectivity index (χ3n) is 6.49. The lowest BCUT2D eigenvalue weighted by molar-refractivity contribution is -0.0770. The van der Waals surface area contributed by atoms with Crippen LogP contribution in [0.4, 0.5) is 0 Å². The van der Waals surface area contributed by atoms with Crippen molar-refractivity contribution in [1.29, 1.82) is 0 Å². The molecule has 2 bridgehead atoms. The van der Waals surface area contributed by atoms with Gasteiger partial charge in [0.15, 0.2) is 0 Å². The molecule has 106 valence electrons. The molecule has 0 nitrogen and oxygen atoms in total. The second kappa shape index (κ2) is 5.38. The highest BCUT2D eigenvalue weighted by Gasteiger charge is 2.53. The summed E-state index contributed by atoms with van der Waals surface area (Å²) in [6.07, 6.45) is 11.2. The molecule has 18 heavy (non-hydrogen) atoms. The standard InChI is InChI=1S/C17H32S/c1-6-7-14-8-9-15-11-17(14,12-18-5)10-13(2)16(15,3)4/h13-15H,6-12H2,1-5H3.